The van der Waals surface area contributed by atoms with E-state index in [9.17, 15) is 0 Å². The van der Waals surface area contributed by atoms with Crippen molar-refractivity contribution in [3.63, 3.8) is 0 Å². The smallest absolute Gasteiger partial charge is 0.123 e. The van der Waals surface area contributed by atoms with Gasteiger partial charge in [-0.2, -0.15) is 22.7 Å². The number of piperidine rings is 3. The molecular weight excluding hydrogens is 396 g/mol. The third-order valence-corrected chi connectivity index (χ3v) is 8.14. The van der Waals surface area contributed by atoms with E-state index in [-0.39, 0.29) is 0 Å². The summed E-state index contributed by atoms with van der Waals surface area (Å²) in [6.07, 6.45) is 2.61. The van der Waals surface area contributed by atoms with Gasteiger partial charge in [-0.3, -0.25) is 4.90 Å². The first-order chi connectivity index (χ1) is 14.3. The van der Waals surface area contributed by atoms with Gasteiger partial charge in [0.25, 0.3) is 0 Å². The van der Waals surface area contributed by atoms with E-state index in [4.69, 9.17) is 4.74 Å². The van der Waals surface area contributed by atoms with Crippen LogP contribution in [0.3, 0.4) is 0 Å². The Bertz CT molecular complexity index is 867. The summed E-state index contributed by atoms with van der Waals surface area (Å²) in [4.78, 5) is 2.75. The highest BCUT2D eigenvalue weighted by Crippen LogP contribution is 2.43. The molecule has 152 valence electrons. The van der Waals surface area contributed by atoms with E-state index in [2.05, 4.69) is 62.1 Å². The van der Waals surface area contributed by atoms with Gasteiger partial charge in [0.15, 0.2) is 0 Å². The van der Waals surface area contributed by atoms with Gasteiger partial charge < -0.3 is 10.1 Å². The predicted molar refractivity (Wildman–Crippen MR) is 122 cm³/mol. The van der Waals surface area contributed by atoms with Crippen molar-refractivity contribution in [1.29, 1.82) is 0 Å². The Morgan fingerprint density at radius 3 is 2.34 bits per heavy atom. The molecule has 2 aromatic heterocycles. The molecule has 1 N–H and O–H groups in total. The second kappa shape index (κ2) is 8.60. The van der Waals surface area contributed by atoms with Gasteiger partial charge in [0, 0.05) is 30.1 Å². The summed E-state index contributed by atoms with van der Waals surface area (Å²) in [6.45, 7) is 3.31. The number of nitrogens with one attached hydrogen (secondary N) is 1. The molecule has 2 bridgehead atoms. The van der Waals surface area contributed by atoms with Crippen molar-refractivity contribution in [3.8, 4) is 5.75 Å². The molecule has 0 spiro atoms. The number of benzene rings is 1. The highest BCUT2D eigenvalue weighted by atomic mass is 32.1. The Kier molecular flexibility index (Phi) is 5.73. The van der Waals surface area contributed by atoms with E-state index in [1.807, 2.05) is 28.7 Å². The average molecular weight is 425 g/mol. The van der Waals surface area contributed by atoms with Gasteiger partial charge in [-0.05, 0) is 82.7 Å². The summed E-state index contributed by atoms with van der Waals surface area (Å²) in [7, 11) is 1.76. The van der Waals surface area contributed by atoms with Gasteiger partial charge in [-0.15, -0.1) is 0 Å². The van der Waals surface area contributed by atoms with Crippen molar-refractivity contribution < 1.29 is 4.74 Å². The molecule has 29 heavy (non-hydrogen) atoms. The zero-order valence-electron chi connectivity index (χ0n) is 16.8. The first-order valence-electron chi connectivity index (χ1n) is 10.5. The maximum absolute atomic E-state index is 5.59. The Morgan fingerprint density at radius 1 is 1.03 bits per heavy atom. The lowest BCUT2D eigenvalue weighted by molar-refractivity contribution is 0.00472. The zero-order valence-corrected chi connectivity index (χ0v) is 18.4. The zero-order chi connectivity index (χ0) is 19.6. The van der Waals surface area contributed by atoms with Crippen LogP contribution in [-0.2, 0) is 6.54 Å². The monoisotopic (exact) mass is 424 g/mol. The summed E-state index contributed by atoms with van der Waals surface area (Å²) in [5.41, 5.74) is 4.18. The van der Waals surface area contributed by atoms with Crippen molar-refractivity contribution >= 4 is 22.7 Å². The second-order valence-electron chi connectivity index (χ2n) is 8.17. The van der Waals surface area contributed by atoms with Crippen molar-refractivity contribution in [2.24, 2.45) is 5.92 Å². The standard InChI is InChI=1S/C24H28N2OS2/c1-27-21-5-3-2-4-18(21)14-25-23-17-6-10-26(11-7-17)24(23)22(19-8-12-28-15-19)20-9-13-29-16-20/h2-5,8-9,12-13,15-17,22-25H,6-7,10-11,14H2,1H3/t23-,24+/m1/s1. The molecule has 3 aliphatic heterocycles. The van der Waals surface area contributed by atoms with Crippen LogP contribution >= 0.6 is 22.7 Å². The number of rotatable bonds is 7. The van der Waals surface area contributed by atoms with Gasteiger partial charge in [0.2, 0.25) is 0 Å². The molecule has 1 aromatic carbocycles. The lowest BCUT2D eigenvalue weighted by Crippen LogP contribution is -2.64. The fraction of sp³-hybridized carbons (Fsp3) is 0.417. The maximum Gasteiger partial charge on any atom is 0.123 e. The fourth-order valence-corrected chi connectivity index (χ4v) is 6.75. The molecule has 6 rings (SSSR count). The summed E-state index contributed by atoms with van der Waals surface area (Å²) >= 11 is 3.63. The number of thiophene rings is 2. The minimum atomic E-state index is 0.436. The number of fused-ring (bicyclic) bond motifs is 3. The lowest BCUT2D eigenvalue weighted by atomic mass is 9.71. The molecule has 3 fully saturated rings. The van der Waals surface area contributed by atoms with Gasteiger partial charge in [-0.1, -0.05) is 18.2 Å². The molecule has 0 amide bonds. The van der Waals surface area contributed by atoms with Gasteiger partial charge in [0.1, 0.15) is 5.75 Å². The fourth-order valence-electron chi connectivity index (χ4n) is 5.36. The average Bonchev–Trinajstić information content (AvgIpc) is 3.49. The predicted octanol–water partition coefficient (Wildman–Crippen LogP) is 5.20. The first-order valence-corrected chi connectivity index (χ1v) is 12.4. The van der Waals surface area contributed by atoms with E-state index >= 15 is 0 Å². The van der Waals surface area contributed by atoms with Gasteiger partial charge in [-0.25, -0.2) is 0 Å². The van der Waals surface area contributed by atoms with Crippen LogP contribution in [0.1, 0.15) is 35.4 Å². The largest absolute Gasteiger partial charge is 0.496 e. The minimum absolute atomic E-state index is 0.436. The Labute approximate surface area is 181 Å². The van der Waals surface area contributed by atoms with Crippen LogP contribution in [0.5, 0.6) is 5.75 Å². The molecule has 5 heterocycles. The van der Waals surface area contributed by atoms with Crippen molar-refractivity contribution in [2.75, 3.05) is 20.2 Å². The van der Waals surface area contributed by atoms with Crippen LogP contribution in [0.15, 0.2) is 57.9 Å². The molecule has 3 nitrogen and oxygen atoms in total. The summed E-state index contributed by atoms with van der Waals surface area (Å²) in [5.74, 6) is 2.16. The number of hydrogen-bond donors (Lipinski definition) is 1. The van der Waals surface area contributed by atoms with Crippen LogP contribution < -0.4 is 10.1 Å². The maximum atomic E-state index is 5.59. The third kappa shape index (κ3) is 3.77. The SMILES string of the molecule is COc1ccccc1CN[C@@H]1C2CCN(CC2)[C@H]1C(c1ccsc1)c1ccsc1. The van der Waals surface area contributed by atoms with Gasteiger partial charge in [0.05, 0.1) is 7.11 Å². The number of hydrogen-bond acceptors (Lipinski definition) is 5. The quantitative estimate of drug-likeness (QED) is 0.564. The highest BCUT2D eigenvalue weighted by molar-refractivity contribution is 7.08. The van der Waals surface area contributed by atoms with Crippen molar-refractivity contribution in [2.45, 2.75) is 37.4 Å². The Morgan fingerprint density at radius 2 is 1.72 bits per heavy atom. The molecule has 0 aliphatic carbocycles. The lowest BCUT2D eigenvalue weighted by Gasteiger charge is -2.54. The molecule has 3 aromatic rings. The van der Waals surface area contributed by atoms with E-state index in [0.717, 1.165) is 18.2 Å². The van der Waals surface area contributed by atoms with Crippen molar-refractivity contribution in [1.82, 2.24) is 10.2 Å². The number of nitrogens with zero attached hydrogens (tertiary/aromatic N) is 1. The molecule has 3 saturated heterocycles. The molecule has 0 unspecified atom stereocenters. The Hall–Kier alpha value is -1.66. The van der Waals surface area contributed by atoms with Crippen LogP contribution in [-0.4, -0.2) is 37.2 Å². The third-order valence-electron chi connectivity index (χ3n) is 6.74. The highest BCUT2D eigenvalue weighted by Gasteiger charge is 2.46. The van der Waals surface area contributed by atoms with Crippen molar-refractivity contribution in [3.05, 3.63) is 74.6 Å². The Balaban J connectivity index is 1.46. The summed E-state index contributed by atoms with van der Waals surface area (Å²) in [5, 5.41) is 13.1. The number of methoxy groups -OCH3 is 1. The van der Waals surface area contributed by atoms with E-state index in [1.54, 1.807) is 7.11 Å². The second-order valence-corrected chi connectivity index (χ2v) is 9.73. The van der Waals surface area contributed by atoms with E-state index < -0.39 is 0 Å². The first kappa shape index (κ1) is 19.3. The van der Waals surface area contributed by atoms with E-state index in [1.165, 1.54) is 42.6 Å². The molecule has 0 saturated carbocycles. The van der Waals surface area contributed by atoms with Crippen LogP contribution in [0.25, 0.3) is 0 Å². The number of para-hydroxylation sites is 1. The van der Waals surface area contributed by atoms with Crippen LogP contribution in [0.4, 0.5) is 0 Å². The van der Waals surface area contributed by atoms with Gasteiger partial charge >= 0.3 is 0 Å². The molecular formula is C24H28N2OS2. The van der Waals surface area contributed by atoms with Crippen LogP contribution in [0.2, 0.25) is 0 Å². The minimum Gasteiger partial charge on any atom is -0.496 e. The molecule has 2 atom stereocenters. The van der Waals surface area contributed by atoms with E-state index in [0.29, 0.717) is 18.0 Å². The van der Waals surface area contributed by atoms with Crippen LogP contribution in [0, 0.1) is 5.92 Å². The molecule has 0 radical (unpaired) electrons. The normalized spacial score (nSPS) is 26.1. The number of ether oxygens (including phenoxy) is 1. The summed E-state index contributed by atoms with van der Waals surface area (Å²) < 4.78 is 5.59. The summed E-state index contributed by atoms with van der Waals surface area (Å²) in [6, 6.07) is 14.0. The topological polar surface area (TPSA) is 24.5 Å². The molecule has 5 heteroatoms. The molecule has 3 aliphatic rings.